The zero-order valence-corrected chi connectivity index (χ0v) is 7.88. The van der Waals surface area contributed by atoms with Gasteiger partial charge in [0.05, 0.1) is 12.1 Å². The number of alkyl halides is 1. The summed E-state index contributed by atoms with van der Waals surface area (Å²) in [6.07, 6.45) is 0.445. The highest BCUT2D eigenvalue weighted by Crippen LogP contribution is 2.19. The number of alkyl carbamates (subject to hydrolysis) is 1. The largest absolute Gasteiger partial charge is 0.465 e. The molecule has 1 N–H and O–H groups in total. The van der Waals surface area contributed by atoms with Gasteiger partial charge in [-0.2, -0.15) is 0 Å². The lowest BCUT2D eigenvalue weighted by molar-refractivity contribution is 0.0984. The van der Waals surface area contributed by atoms with Crippen molar-refractivity contribution >= 4 is 17.7 Å². The van der Waals surface area contributed by atoms with Crippen LogP contribution in [0.15, 0.2) is 22.8 Å². The maximum atomic E-state index is 10.8. The Labute approximate surface area is 80.8 Å². The van der Waals surface area contributed by atoms with Gasteiger partial charge in [0.2, 0.25) is 0 Å². The molecule has 1 heterocycles. The fourth-order valence-electron chi connectivity index (χ4n) is 0.828. The average Bonchev–Trinajstić information content (AvgIpc) is 2.66. The molecule has 1 amide bonds. The summed E-state index contributed by atoms with van der Waals surface area (Å²) < 4.78 is 9.96. The Bertz CT molecular complexity index is 260. The van der Waals surface area contributed by atoms with E-state index in [0.717, 1.165) is 0 Å². The third-order valence-electron chi connectivity index (χ3n) is 1.45. The van der Waals surface area contributed by atoms with Crippen LogP contribution in [0.1, 0.15) is 11.9 Å². The van der Waals surface area contributed by atoms with E-state index in [1.165, 1.54) is 13.3 Å². The Morgan fingerprint density at radius 1 is 1.85 bits per heavy atom. The van der Waals surface area contributed by atoms with Gasteiger partial charge in [0.1, 0.15) is 5.76 Å². The van der Waals surface area contributed by atoms with Gasteiger partial charge >= 0.3 is 6.09 Å². The monoisotopic (exact) mass is 203 g/mol. The Kier molecular flexibility index (Phi) is 3.64. The van der Waals surface area contributed by atoms with Crippen LogP contribution >= 0.6 is 11.6 Å². The number of nitrogens with one attached hydrogen (secondary N) is 1. The number of ether oxygens (including phenoxy) is 1. The summed E-state index contributed by atoms with van der Waals surface area (Å²) in [6.45, 7) is 0. The van der Waals surface area contributed by atoms with E-state index in [0.29, 0.717) is 5.76 Å². The van der Waals surface area contributed by atoms with Gasteiger partial charge in [-0.15, -0.1) is 11.6 Å². The molecule has 0 radical (unpaired) electrons. The summed E-state index contributed by atoms with van der Waals surface area (Å²) in [5.41, 5.74) is 0. The van der Waals surface area contributed by atoms with Crippen molar-refractivity contribution in [3.63, 3.8) is 0 Å². The van der Waals surface area contributed by atoms with E-state index >= 15 is 0 Å². The van der Waals surface area contributed by atoms with Crippen LogP contribution in [-0.4, -0.2) is 19.0 Å². The van der Waals surface area contributed by atoms with Crippen LogP contribution in [0, 0.1) is 0 Å². The van der Waals surface area contributed by atoms with Gasteiger partial charge in [-0.1, -0.05) is 0 Å². The van der Waals surface area contributed by atoms with Crippen LogP contribution < -0.4 is 5.32 Å². The second-order valence-corrected chi connectivity index (χ2v) is 2.62. The molecule has 72 valence electrons. The lowest BCUT2D eigenvalue weighted by Crippen LogP contribution is -2.22. The van der Waals surface area contributed by atoms with E-state index in [4.69, 9.17) is 20.8 Å². The summed E-state index contributed by atoms with van der Waals surface area (Å²) in [7, 11) is 1.48. The Balaban J connectivity index is 2.58. The highest BCUT2D eigenvalue weighted by molar-refractivity contribution is 6.18. The molecule has 0 saturated heterocycles. The number of carbonyl (C=O) groups excluding carboxylic acids is 1. The molecule has 13 heavy (non-hydrogen) atoms. The van der Waals surface area contributed by atoms with Gasteiger partial charge in [-0.25, -0.2) is 4.79 Å². The lowest BCUT2D eigenvalue weighted by atomic mass is 10.3. The minimum atomic E-state index is -0.531. The van der Waals surface area contributed by atoms with Gasteiger partial charge in [-0.05, 0) is 12.1 Å². The first-order chi connectivity index (χ1) is 6.27. The van der Waals surface area contributed by atoms with Gasteiger partial charge in [0, 0.05) is 7.05 Å². The second kappa shape index (κ2) is 4.77. The third-order valence-corrected chi connectivity index (χ3v) is 1.73. The first-order valence-electron chi connectivity index (χ1n) is 3.75. The van der Waals surface area contributed by atoms with Gasteiger partial charge in [0.15, 0.2) is 6.10 Å². The maximum Gasteiger partial charge on any atom is 0.407 e. The van der Waals surface area contributed by atoms with E-state index < -0.39 is 12.2 Å². The molecule has 0 fully saturated rings. The summed E-state index contributed by atoms with van der Waals surface area (Å²) in [5, 5.41) is 2.33. The number of rotatable bonds is 3. The van der Waals surface area contributed by atoms with Crippen molar-refractivity contribution in [2.24, 2.45) is 0 Å². The van der Waals surface area contributed by atoms with E-state index in [9.17, 15) is 4.79 Å². The summed E-state index contributed by atoms with van der Waals surface area (Å²) in [6, 6.07) is 3.41. The van der Waals surface area contributed by atoms with Crippen molar-refractivity contribution in [1.82, 2.24) is 5.32 Å². The molecule has 0 aliphatic carbocycles. The van der Waals surface area contributed by atoms with Crippen LogP contribution in [-0.2, 0) is 4.74 Å². The molecular weight excluding hydrogens is 194 g/mol. The molecule has 0 spiro atoms. The highest BCUT2D eigenvalue weighted by atomic mass is 35.5. The molecule has 1 aromatic rings. The Morgan fingerprint density at radius 2 is 2.62 bits per heavy atom. The number of carbonyl (C=O) groups is 1. The molecule has 0 bridgehead atoms. The quantitative estimate of drug-likeness (QED) is 0.764. The Morgan fingerprint density at radius 3 is 3.08 bits per heavy atom. The summed E-state index contributed by atoms with van der Waals surface area (Å²) in [4.78, 5) is 10.8. The lowest BCUT2D eigenvalue weighted by Gasteiger charge is -2.11. The SMILES string of the molecule is CNC(=O)O[C@@H](CCl)c1ccco1. The maximum absolute atomic E-state index is 10.8. The zero-order chi connectivity index (χ0) is 9.68. The molecular formula is C8H10ClNO3. The summed E-state index contributed by atoms with van der Waals surface area (Å²) in [5.74, 6) is 0.708. The predicted octanol–water partition coefficient (Wildman–Crippen LogP) is 1.92. The minimum Gasteiger partial charge on any atom is -0.465 e. The summed E-state index contributed by atoms with van der Waals surface area (Å²) >= 11 is 5.60. The first kappa shape index (κ1) is 9.92. The fraction of sp³-hybridized carbons (Fsp3) is 0.375. The first-order valence-corrected chi connectivity index (χ1v) is 4.29. The molecule has 1 atom stereocenters. The van der Waals surface area contributed by atoms with Crippen LogP contribution in [0.5, 0.6) is 0 Å². The van der Waals surface area contributed by atoms with Gasteiger partial charge in [0.25, 0.3) is 0 Å². The van der Waals surface area contributed by atoms with E-state index in [2.05, 4.69) is 5.32 Å². The normalized spacial score (nSPS) is 12.2. The van der Waals surface area contributed by atoms with Crippen molar-refractivity contribution in [3.05, 3.63) is 24.2 Å². The minimum absolute atomic E-state index is 0.168. The van der Waals surface area contributed by atoms with Crippen molar-refractivity contribution in [2.45, 2.75) is 6.10 Å². The fourth-order valence-corrected chi connectivity index (χ4v) is 1.04. The number of halogens is 1. The van der Waals surface area contributed by atoms with Gasteiger partial charge < -0.3 is 14.5 Å². The smallest absolute Gasteiger partial charge is 0.407 e. The number of amides is 1. The highest BCUT2D eigenvalue weighted by Gasteiger charge is 2.16. The topological polar surface area (TPSA) is 51.5 Å². The molecule has 5 heteroatoms. The third kappa shape index (κ3) is 2.66. The van der Waals surface area contributed by atoms with Crippen LogP contribution in [0.25, 0.3) is 0 Å². The molecule has 0 aliphatic heterocycles. The van der Waals surface area contributed by atoms with Crippen LogP contribution in [0.4, 0.5) is 4.79 Å². The van der Waals surface area contributed by atoms with Crippen LogP contribution in [0.2, 0.25) is 0 Å². The molecule has 4 nitrogen and oxygen atoms in total. The number of hydrogen-bond acceptors (Lipinski definition) is 3. The predicted molar refractivity (Wildman–Crippen MR) is 47.7 cm³/mol. The number of furan rings is 1. The Hall–Kier alpha value is -1.16. The molecule has 0 unspecified atom stereocenters. The van der Waals surface area contributed by atoms with E-state index in [1.54, 1.807) is 12.1 Å². The van der Waals surface area contributed by atoms with E-state index in [-0.39, 0.29) is 5.88 Å². The molecule has 1 aromatic heterocycles. The van der Waals surface area contributed by atoms with E-state index in [1.807, 2.05) is 0 Å². The van der Waals surface area contributed by atoms with Crippen molar-refractivity contribution in [1.29, 1.82) is 0 Å². The number of hydrogen-bond donors (Lipinski definition) is 1. The molecule has 0 saturated carbocycles. The van der Waals surface area contributed by atoms with Crippen molar-refractivity contribution < 1.29 is 13.9 Å². The van der Waals surface area contributed by atoms with Crippen molar-refractivity contribution in [3.8, 4) is 0 Å². The zero-order valence-electron chi connectivity index (χ0n) is 7.12. The van der Waals surface area contributed by atoms with Crippen LogP contribution in [0.3, 0.4) is 0 Å². The van der Waals surface area contributed by atoms with Gasteiger partial charge in [-0.3, -0.25) is 0 Å². The molecule has 0 aromatic carbocycles. The standard InChI is InChI=1S/C8H10ClNO3/c1-10-8(11)13-7(5-9)6-3-2-4-12-6/h2-4,7H,5H2,1H3,(H,10,11)/t7-/m0/s1. The second-order valence-electron chi connectivity index (χ2n) is 2.31. The molecule has 1 rings (SSSR count). The molecule has 0 aliphatic rings. The average molecular weight is 204 g/mol. The van der Waals surface area contributed by atoms with Crippen molar-refractivity contribution in [2.75, 3.05) is 12.9 Å².